The Kier molecular flexibility index (Phi) is 9.99. The molecule has 0 bridgehead atoms. The summed E-state index contributed by atoms with van der Waals surface area (Å²) in [6, 6.07) is 9.50. The molecule has 0 atom stereocenters. The Balaban J connectivity index is 1.68. The summed E-state index contributed by atoms with van der Waals surface area (Å²) in [5.41, 5.74) is 1.02. The molecule has 1 heterocycles. The van der Waals surface area contributed by atoms with Crippen LogP contribution in [-0.4, -0.2) is 54.8 Å². The third-order valence-electron chi connectivity index (χ3n) is 5.16. The van der Waals surface area contributed by atoms with Crippen LogP contribution in [0.3, 0.4) is 0 Å². The van der Waals surface area contributed by atoms with Crippen LogP contribution in [0.5, 0.6) is 11.5 Å². The van der Waals surface area contributed by atoms with Crippen molar-refractivity contribution in [2.24, 2.45) is 0 Å². The van der Waals surface area contributed by atoms with E-state index in [1.807, 2.05) is 13.8 Å². The number of hydrogen-bond acceptors (Lipinski definition) is 8. The number of carbonyl (C=O) groups is 4. The molecule has 9 nitrogen and oxygen atoms in total. The molecule has 11 heteroatoms. The summed E-state index contributed by atoms with van der Waals surface area (Å²) in [6.07, 6.45) is 3.15. The van der Waals surface area contributed by atoms with Gasteiger partial charge < -0.3 is 19.5 Å². The fraction of sp³-hybridized carbons (Fsp3) is 0.308. The lowest BCUT2D eigenvalue weighted by molar-refractivity contribution is -0.127. The SMILES string of the molecule is CCCCOC(=O)c1cc(NC(=O)CN2C(=O)S/C(=C/c3ccc(OC)c(OCC)c3)C2=O)ccc1Cl. The van der Waals surface area contributed by atoms with Gasteiger partial charge in [-0.3, -0.25) is 19.3 Å². The molecule has 1 N–H and O–H groups in total. The average Bonchev–Trinajstić information content (AvgIpc) is 3.12. The van der Waals surface area contributed by atoms with E-state index >= 15 is 0 Å². The molecule has 0 aromatic heterocycles. The van der Waals surface area contributed by atoms with Crippen molar-refractivity contribution in [2.75, 3.05) is 32.2 Å². The highest BCUT2D eigenvalue weighted by atomic mass is 35.5. The maximum atomic E-state index is 12.9. The summed E-state index contributed by atoms with van der Waals surface area (Å²) < 4.78 is 16.0. The van der Waals surface area contributed by atoms with Gasteiger partial charge in [-0.2, -0.15) is 0 Å². The van der Waals surface area contributed by atoms with Crippen molar-refractivity contribution in [3.05, 3.63) is 57.5 Å². The highest BCUT2D eigenvalue weighted by Crippen LogP contribution is 2.34. The van der Waals surface area contributed by atoms with Gasteiger partial charge in [0.15, 0.2) is 11.5 Å². The molecule has 1 saturated heterocycles. The molecule has 0 aliphatic carbocycles. The number of ether oxygens (including phenoxy) is 3. The number of nitrogens with one attached hydrogen (secondary N) is 1. The van der Waals surface area contributed by atoms with Gasteiger partial charge in [0.25, 0.3) is 11.1 Å². The van der Waals surface area contributed by atoms with Crippen LogP contribution in [0.15, 0.2) is 41.3 Å². The molecule has 2 aromatic carbocycles. The molecule has 0 radical (unpaired) electrons. The predicted octanol–water partition coefficient (Wildman–Crippen LogP) is 5.38. The first-order valence-corrected chi connectivity index (χ1v) is 12.8. The quantitative estimate of drug-likeness (QED) is 0.227. The van der Waals surface area contributed by atoms with Crippen LogP contribution in [0.4, 0.5) is 10.5 Å². The molecule has 37 heavy (non-hydrogen) atoms. The standard InChI is InChI=1S/C26H27ClN2O7S/c1-4-6-11-36-25(32)18-14-17(8-9-19(18)27)28-23(30)15-29-24(31)22(37-26(29)33)13-16-7-10-20(34-3)21(12-16)35-5-2/h7-10,12-14H,4-6,11,15H2,1-3H3,(H,28,30)/b22-13+. The molecule has 3 amide bonds. The monoisotopic (exact) mass is 546 g/mol. The molecule has 196 valence electrons. The molecule has 1 aliphatic rings. The first kappa shape index (κ1) is 28.1. The van der Waals surface area contributed by atoms with Gasteiger partial charge in [0.05, 0.1) is 35.8 Å². The van der Waals surface area contributed by atoms with Crippen molar-refractivity contribution in [2.45, 2.75) is 26.7 Å². The highest BCUT2D eigenvalue weighted by Gasteiger charge is 2.36. The van der Waals surface area contributed by atoms with Crippen LogP contribution in [0.25, 0.3) is 6.08 Å². The third-order valence-corrected chi connectivity index (χ3v) is 6.40. The Morgan fingerprint density at radius 3 is 2.59 bits per heavy atom. The molecule has 0 spiro atoms. The molecular formula is C26H27ClN2O7S. The van der Waals surface area contributed by atoms with Gasteiger partial charge in [0, 0.05) is 5.69 Å². The first-order valence-electron chi connectivity index (χ1n) is 11.6. The number of benzene rings is 2. The van der Waals surface area contributed by atoms with Crippen molar-refractivity contribution >= 4 is 58.1 Å². The third kappa shape index (κ3) is 7.27. The van der Waals surface area contributed by atoms with Crippen molar-refractivity contribution in [1.82, 2.24) is 4.90 Å². The summed E-state index contributed by atoms with van der Waals surface area (Å²) in [5.74, 6) is -0.747. The lowest BCUT2D eigenvalue weighted by Gasteiger charge is -2.13. The number of anilines is 1. The lowest BCUT2D eigenvalue weighted by Crippen LogP contribution is -2.36. The summed E-state index contributed by atoms with van der Waals surface area (Å²) in [4.78, 5) is 51.3. The van der Waals surface area contributed by atoms with Gasteiger partial charge in [-0.05, 0) is 67.1 Å². The van der Waals surface area contributed by atoms with E-state index in [9.17, 15) is 19.2 Å². The smallest absolute Gasteiger partial charge is 0.339 e. The molecule has 0 saturated carbocycles. The van der Waals surface area contributed by atoms with Crippen LogP contribution in [0.2, 0.25) is 5.02 Å². The Bertz CT molecular complexity index is 1230. The fourth-order valence-corrected chi connectivity index (χ4v) is 4.36. The number of carbonyl (C=O) groups excluding carboxylic acids is 4. The second-order valence-corrected chi connectivity index (χ2v) is 9.24. The number of methoxy groups -OCH3 is 1. The lowest BCUT2D eigenvalue weighted by atomic mass is 10.2. The number of amides is 3. The molecule has 0 unspecified atom stereocenters. The first-order chi connectivity index (χ1) is 17.8. The van der Waals surface area contributed by atoms with Gasteiger partial charge >= 0.3 is 5.97 Å². The van der Waals surface area contributed by atoms with Crippen molar-refractivity contribution in [1.29, 1.82) is 0 Å². The maximum absolute atomic E-state index is 12.9. The van der Waals surface area contributed by atoms with E-state index < -0.39 is 29.6 Å². The minimum atomic E-state index is -0.612. The predicted molar refractivity (Wildman–Crippen MR) is 142 cm³/mol. The largest absolute Gasteiger partial charge is 0.493 e. The van der Waals surface area contributed by atoms with Gasteiger partial charge in [0.1, 0.15) is 6.54 Å². The number of nitrogens with zero attached hydrogens (tertiary/aromatic N) is 1. The number of thioether (sulfide) groups is 1. The Morgan fingerprint density at radius 2 is 1.89 bits per heavy atom. The van der Waals surface area contributed by atoms with Crippen LogP contribution >= 0.6 is 23.4 Å². The van der Waals surface area contributed by atoms with E-state index in [0.717, 1.165) is 29.5 Å². The number of rotatable bonds is 11. The molecule has 3 rings (SSSR count). The number of esters is 1. The zero-order valence-corrected chi connectivity index (χ0v) is 22.2. The Hall–Kier alpha value is -3.50. The number of imide groups is 1. The second kappa shape index (κ2) is 13.2. The van der Waals surface area contributed by atoms with E-state index in [1.54, 1.807) is 24.3 Å². The summed E-state index contributed by atoms with van der Waals surface area (Å²) in [5, 5.41) is 2.20. The molecule has 1 aliphatic heterocycles. The molecular weight excluding hydrogens is 520 g/mol. The van der Waals surface area contributed by atoms with Crippen molar-refractivity contribution in [3.8, 4) is 11.5 Å². The van der Waals surface area contributed by atoms with E-state index in [2.05, 4.69) is 5.32 Å². The zero-order valence-electron chi connectivity index (χ0n) is 20.7. The van der Waals surface area contributed by atoms with Crippen molar-refractivity contribution in [3.63, 3.8) is 0 Å². The topological polar surface area (TPSA) is 111 Å². The van der Waals surface area contributed by atoms with Gasteiger partial charge in [-0.15, -0.1) is 0 Å². The Labute approximate surface area is 224 Å². The van der Waals surface area contributed by atoms with Crippen LogP contribution < -0.4 is 14.8 Å². The minimum Gasteiger partial charge on any atom is -0.493 e. The Morgan fingerprint density at radius 1 is 1.11 bits per heavy atom. The van der Waals surface area contributed by atoms with Crippen molar-refractivity contribution < 1.29 is 33.4 Å². The number of halogens is 1. The maximum Gasteiger partial charge on any atom is 0.339 e. The number of hydrogen-bond donors (Lipinski definition) is 1. The van der Waals surface area contributed by atoms with E-state index in [1.165, 1.54) is 25.3 Å². The molecule has 1 fully saturated rings. The summed E-state index contributed by atoms with van der Waals surface area (Å²) >= 11 is 6.85. The summed E-state index contributed by atoms with van der Waals surface area (Å²) in [7, 11) is 1.53. The van der Waals surface area contributed by atoms with Gasteiger partial charge in [-0.1, -0.05) is 31.0 Å². The van der Waals surface area contributed by atoms with Crippen LogP contribution in [0.1, 0.15) is 42.6 Å². The van der Waals surface area contributed by atoms with Crippen LogP contribution in [0, 0.1) is 0 Å². The van der Waals surface area contributed by atoms with Gasteiger partial charge in [0.2, 0.25) is 5.91 Å². The minimum absolute atomic E-state index is 0.107. The second-order valence-electron chi connectivity index (χ2n) is 7.84. The van der Waals surface area contributed by atoms with E-state index in [4.69, 9.17) is 25.8 Å². The van der Waals surface area contributed by atoms with E-state index in [0.29, 0.717) is 23.7 Å². The van der Waals surface area contributed by atoms with Crippen LogP contribution in [-0.2, 0) is 14.3 Å². The zero-order chi connectivity index (χ0) is 26.9. The van der Waals surface area contributed by atoms with E-state index in [-0.39, 0.29) is 27.8 Å². The highest BCUT2D eigenvalue weighted by molar-refractivity contribution is 8.18. The molecule has 2 aromatic rings. The van der Waals surface area contributed by atoms with Gasteiger partial charge in [-0.25, -0.2) is 4.79 Å². The average molecular weight is 547 g/mol. The summed E-state index contributed by atoms with van der Waals surface area (Å²) in [6.45, 7) is 4.01. The fourth-order valence-electron chi connectivity index (χ4n) is 3.33. The number of unbranched alkanes of at least 4 members (excludes halogenated alkanes) is 1. The normalized spacial score (nSPS) is 14.2.